The van der Waals surface area contributed by atoms with Crippen molar-refractivity contribution in [3.05, 3.63) is 47.0 Å². The summed E-state index contributed by atoms with van der Waals surface area (Å²) in [4.78, 5) is 13.4. The zero-order chi connectivity index (χ0) is 19.3. The van der Waals surface area contributed by atoms with E-state index in [0.29, 0.717) is 29.9 Å². The fourth-order valence-corrected chi connectivity index (χ4v) is 4.09. The first-order valence-corrected chi connectivity index (χ1v) is 9.71. The third kappa shape index (κ3) is 4.89. The number of hydrogen-bond acceptors (Lipinski definition) is 4. The molecule has 1 aromatic heterocycles. The maximum absolute atomic E-state index is 13.7. The molecule has 142 valence electrons. The lowest BCUT2D eigenvalue weighted by Gasteiger charge is -2.21. The Kier molecular flexibility index (Phi) is 6.49. The van der Waals surface area contributed by atoms with Gasteiger partial charge in [-0.2, -0.15) is 5.10 Å². The van der Waals surface area contributed by atoms with Crippen LogP contribution in [0.15, 0.2) is 29.2 Å². The van der Waals surface area contributed by atoms with E-state index in [1.165, 1.54) is 17.9 Å². The van der Waals surface area contributed by atoms with Crippen LogP contribution in [0.4, 0.5) is 4.39 Å². The second-order valence-corrected chi connectivity index (χ2v) is 7.71. The number of benzene rings is 1. The first kappa shape index (κ1) is 20.1. The van der Waals surface area contributed by atoms with Gasteiger partial charge in [0.25, 0.3) is 0 Å². The van der Waals surface area contributed by atoms with Gasteiger partial charge in [-0.1, -0.05) is 18.2 Å². The van der Waals surface area contributed by atoms with Crippen LogP contribution in [0.25, 0.3) is 0 Å². The SMILES string of the molecule is CC(=O)N(CCNS(=O)(=O)c1c(C)n[nH]c1C)CCc1ccccc1F. The molecule has 0 radical (unpaired) electrons. The highest BCUT2D eigenvalue weighted by atomic mass is 32.2. The Bertz CT molecular complexity index is 860. The van der Waals surface area contributed by atoms with Crippen LogP contribution in [-0.4, -0.2) is 49.1 Å². The minimum atomic E-state index is -3.72. The average molecular weight is 382 g/mol. The van der Waals surface area contributed by atoms with Crippen molar-refractivity contribution in [2.45, 2.75) is 32.1 Å². The minimum Gasteiger partial charge on any atom is -0.341 e. The van der Waals surface area contributed by atoms with E-state index in [0.717, 1.165) is 0 Å². The van der Waals surface area contributed by atoms with E-state index >= 15 is 0 Å². The fourth-order valence-electron chi connectivity index (χ4n) is 2.71. The van der Waals surface area contributed by atoms with Gasteiger partial charge in [-0.15, -0.1) is 0 Å². The highest BCUT2D eigenvalue weighted by Crippen LogP contribution is 2.16. The Morgan fingerprint density at radius 1 is 1.27 bits per heavy atom. The van der Waals surface area contributed by atoms with Crippen LogP contribution >= 0.6 is 0 Å². The number of amides is 1. The third-order valence-corrected chi connectivity index (χ3v) is 5.78. The van der Waals surface area contributed by atoms with E-state index in [1.54, 1.807) is 32.0 Å². The van der Waals surface area contributed by atoms with E-state index < -0.39 is 10.0 Å². The van der Waals surface area contributed by atoms with Gasteiger partial charge in [-0.3, -0.25) is 9.89 Å². The third-order valence-electron chi connectivity index (χ3n) is 4.06. The molecule has 0 unspecified atom stereocenters. The Hall–Kier alpha value is -2.26. The molecule has 9 heteroatoms. The molecule has 0 aliphatic heterocycles. The summed E-state index contributed by atoms with van der Waals surface area (Å²) in [5.41, 5.74) is 1.36. The van der Waals surface area contributed by atoms with Crippen LogP contribution in [0.5, 0.6) is 0 Å². The van der Waals surface area contributed by atoms with Crippen molar-refractivity contribution in [3.8, 4) is 0 Å². The van der Waals surface area contributed by atoms with Gasteiger partial charge in [0.05, 0.1) is 11.4 Å². The van der Waals surface area contributed by atoms with Crippen molar-refractivity contribution in [3.63, 3.8) is 0 Å². The van der Waals surface area contributed by atoms with Crippen LogP contribution in [0, 0.1) is 19.7 Å². The van der Waals surface area contributed by atoms with E-state index in [1.807, 2.05) is 0 Å². The summed E-state index contributed by atoms with van der Waals surface area (Å²) in [7, 11) is -3.72. The highest BCUT2D eigenvalue weighted by molar-refractivity contribution is 7.89. The van der Waals surface area contributed by atoms with Crippen LogP contribution in [0.2, 0.25) is 0 Å². The van der Waals surface area contributed by atoms with Crippen LogP contribution in [0.3, 0.4) is 0 Å². The predicted molar refractivity (Wildman–Crippen MR) is 95.6 cm³/mol. The number of carbonyl (C=O) groups excluding carboxylic acids is 1. The number of aromatic amines is 1. The summed E-state index contributed by atoms with van der Waals surface area (Å²) in [6.45, 7) is 5.20. The Balaban J connectivity index is 1.95. The molecular formula is C17H23FN4O3S. The number of hydrogen-bond donors (Lipinski definition) is 2. The van der Waals surface area contributed by atoms with Gasteiger partial charge in [0.15, 0.2) is 0 Å². The summed E-state index contributed by atoms with van der Waals surface area (Å²) < 4.78 is 40.9. The highest BCUT2D eigenvalue weighted by Gasteiger charge is 2.22. The Morgan fingerprint density at radius 2 is 1.96 bits per heavy atom. The molecule has 1 aromatic carbocycles. The molecule has 2 N–H and O–H groups in total. The molecule has 0 aliphatic carbocycles. The van der Waals surface area contributed by atoms with Gasteiger partial charge in [0.2, 0.25) is 15.9 Å². The number of sulfonamides is 1. The number of H-pyrrole nitrogens is 1. The monoisotopic (exact) mass is 382 g/mol. The Labute approximate surface area is 152 Å². The number of nitrogens with one attached hydrogen (secondary N) is 2. The first-order valence-electron chi connectivity index (χ1n) is 8.22. The number of carbonyl (C=O) groups is 1. The summed E-state index contributed by atoms with van der Waals surface area (Å²) in [5, 5.41) is 6.52. The molecule has 0 bridgehead atoms. The number of rotatable bonds is 8. The molecule has 0 spiro atoms. The van der Waals surface area contributed by atoms with Gasteiger partial charge in [-0.25, -0.2) is 17.5 Å². The summed E-state index contributed by atoms with van der Waals surface area (Å²) in [6.07, 6.45) is 0.360. The molecule has 7 nitrogen and oxygen atoms in total. The zero-order valence-corrected chi connectivity index (χ0v) is 15.9. The van der Waals surface area contributed by atoms with Crippen molar-refractivity contribution in [2.24, 2.45) is 0 Å². The number of aromatic nitrogens is 2. The molecule has 26 heavy (non-hydrogen) atoms. The smallest absolute Gasteiger partial charge is 0.244 e. The molecule has 2 aromatic rings. The largest absolute Gasteiger partial charge is 0.341 e. The van der Waals surface area contributed by atoms with Crippen molar-refractivity contribution >= 4 is 15.9 Å². The first-order chi connectivity index (χ1) is 12.2. The zero-order valence-electron chi connectivity index (χ0n) is 15.0. The molecule has 0 fully saturated rings. The molecule has 0 aliphatic rings. The standard InChI is InChI=1S/C17H23FN4O3S/c1-12-17(13(2)21-20-12)26(24,25)19-9-11-22(14(3)23)10-8-15-6-4-5-7-16(15)18/h4-7,19H,8-11H2,1-3H3,(H,20,21). The van der Waals surface area contributed by atoms with Gasteiger partial charge in [0, 0.05) is 26.6 Å². The number of halogens is 1. The van der Waals surface area contributed by atoms with Crippen molar-refractivity contribution in [1.82, 2.24) is 19.8 Å². The molecule has 1 heterocycles. The van der Waals surface area contributed by atoms with Crippen molar-refractivity contribution in [2.75, 3.05) is 19.6 Å². The minimum absolute atomic E-state index is 0.0588. The molecule has 2 rings (SSSR count). The summed E-state index contributed by atoms with van der Waals surface area (Å²) in [5.74, 6) is -0.515. The summed E-state index contributed by atoms with van der Waals surface area (Å²) in [6, 6.07) is 6.38. The lowest BCUT2D eigenvalue weighted by atomic mass is 10.1. The van der Waals surface area contributed by atoms with Gasteiger partial charge < -0.3 is 4.90 Å². The van der Waals surface area contributed by atoms with Crippen LogP contribution in [-0.2, 0) is 21.2 Å². The molecular weight excluding hydrogens is 359 g/mol. The van der Waals surface area contributed by atoms with Crippen LogP contribution < -0.4 is 4.72 Å². The van der Waals surface area contributed by atoms with E-state index in [9.17, 15) is 17.6 Å². The molecule has 0 saturated heterocycles. The molecule has 0 saturated carbocycles. The van der Waals surface area contributed by atoms with E-state index in [4.69, 9.17) is 0 Å². The quantitative estimate of drug-likeness (QED) is 0.724. The van der Waals surface area contributed by atoms with Gasteiger partial charge >= 0.3 is 0 Å². The second kappa shape index (κ2) is 8.41. The topological polar surface area (TPSA) is 95.2 Å². The van der Waals surface area contributed by atoms with Gasteiger partial charge in [0.1, 0.15) is 10.7 Å². The molecule has 1 amide bonds. The van der Waals surface area contributed by atoms with E-state index in [2.05, 4.69) is 14.9 Å². The normalized spacial score (nSPS) is 11.5. The number of nitrogens with zero attached hydrogens (tertiary/aromatic N) is 2. The maximum Gasteiger partial charge on any atom is 0.244 e. The van der Waals surface area contributed by atoms with Gasteiger partial charge in [-0.05, 0) is 31.9 Å². The lowest BCUT2D eigenvalue weighted by molar-refractivity contribution is -0.128. The number of aryl methyl sites for hydroxylation is 2. The fraction of sp³-hybridized carbons (Fsp3) is 0.412. The second-order valence-electron chi connectivity index (χ2n) is 6.01. The van der Waals surface area contributed by atoms with E-state index in [-0.39, 0.29) is 29.7 Å². The van der Waals surface area contributed by atoms with Crippen molar-refractivity contribution < 1.29 is 17.6 Å². The van der Waals surface area contributed by atoms with Crippen LogP contribution in [0.1, 0.15) is 23.9 Å². The average Bonchev–Trinajstić information content (AvgIpc) is 2.91. The Morgan fingerprint density at radius 3 is 2.54 bits per heavy atom. The maximum atomic E-state index is 13.7. The molecule has 0 atom stereocenters. The predicted octanol–water partition coefficient (Wildman–Crippen LogP) is 1.54. The summed E-state index contributed by atoms with van der Waals surface area (Å²) >= 11 is 0. The lowest BCUT2D eigenvalue weighted by Crippen LogP contribution is -2.38. The van der Waals surface area contributed by atoms with Crippen molar-refractivity contribution in [1.29, 1.82) is 0 Å².